The lowest BCUT2D eigenvalue weighted by Crippen LogP contribution is -2.40. The third-order valence-electron chi connectivity index (χ3n) is 2.95. The molecule has 0 rings (SSSR count). The van der Waals surface area contributed by atoms with Crippen LogP contribution in [0.3, 0.4) is 0 Å². The minimum absolute atomic E-state index is 0.310. The molecule has 0 saturated heterocycles. The van der Waals surface area contributed by atoms with Crippen LogP contribution in [0.2, 0.25) is 0 Å². The van der Waals surface area contributed by atoms with Gasteiger partial charge in [-0.25, -0.2) is 5.01 Å². The van der Waals surface area contributed by atoms with Crippen LogP contribution in [-0.2, 0) is 0 Å². The highest BCUT2D eigenvalue weighted by Gasteiger charge is 2.28. The molecule has 0 amide bonds. The Hall–Kier alpha value is -0.0800. The van der Waals surface area contributed by atoms with Crippen LogP contribution in [0.1, 0.15) is 54.4 Å². The van der Waals surface area contributed by atoms with E-state index in [-0.39, 0.29) is 0 Å². The summed E-state index contributed by atoms with van der Waals surface area (Å²) in [5.41, 5.74) is 0.738. The van der Waals surface area contributed by atoms with Crippen LogP contribution in [0.15, 0.2) is 0 Å². The smallest absolute Gasteiger partial charge is 0.0180 e. The van der Waals surface area contributed by atoms with Crippen molar-refractivity contribution in [1.82, 2.24) is 5.01 Å². The molecule has 0 aliphatic rings. The third kappa shape index (κ3) is 5.61. The summed E-state index contributed by atoms with van der Waals surface area (Å²) >= 11 is 0. The molecule has 0 fully saturated rings. The van der Waals surface area contributed by atoms with Crippen molar-refractivity contribution in [2.75, 3.05) is 13.1 Å². The second-order valence-corrected chi connectivity index (χ2v) is 5.92. The second kappa shape index (κ2) is 5.13. The predicted molar refractivity (Wildman–Crippen MR) is 63.9 cm³/mol. The van der Waals surface area contributed by atoms with E-state index in [1.807, 2.05) is 5.01 Å². The van der Waals surface area contributed by atoms with Crippen molar-refractivity contribution in [3.63, 3.8) is 0 Å². The molecule has 0 bridgehead atoms. The Morgan fingerprint density at radius 3 is 1.86 bits per heavy atom. The summed E-state index contributed by atoms with van der Waals surface area (Å²) in [6, 6.07) is 0. The standard InChI is InChI=1S/C12H28N2/c1-7-11(3,4)9-12(5,6)10-14(13)8-2/h7-10,13H2,1-6H3. The maximum absolute atomic E-state index is 5.85. The Labute approximate surface area is 89.8 Å². The van der Waals surface area contributed by atoms with Crippen LogP contribution >= 0.6 is 0 Å². The molecule has 86 valence electrons. The Morgan fingerprint density at radius 1 is 1.00 bits per heavy atom. The minimum Gasteiger partial charge on any atom is -0.269 e. The van der Waals surface area contributed by atoms with Gasteiger partial charge in [0.15, 0.2) is 0 Å². The van der Waals surface area contributed by atoms with Crippen molar-refractivity contribution < 1.29 is 0 Å². The zero-order chi connectivity index (χ0) is 11.4. The number of hydrogen-bond acceptors (Lipinski definition) is 2. The SMILES string of the molecule is CCN(N)CC(C)(C)CC(C)(C)CC. The molecular weight excluding hydrogens is 172 g/mol. The first-order valence-electron chi connectivity index (χ1n) is 5.72. The lowest BCUT2D eigenvalue weighted by molar-refractivity contribution is 0.123. The maximum Gasteiger partial charge on any atom is 0.0180 e. The maximum atomic E-state index is 5.85. The van der Waals surface area contributed by atoms with Gasteiger partial charge in [0.05, 0.1) is 0 Å². The van der Waals surface area contributed by atoms with E-state index in [9.17, 15) is 0 Å². The first kappa shape index (κ1) is 13.9. The molecule has 0 aromatic heterocycles. The second-order valence-electron chi connectivity index (χ2n) is 5.92. The molecule has 0 aliphatic heterocycles. The van der Waals surface area contributed by atoms with Gasteiger partial charge in [-0.3, -0.25) is 5.84 Å². The van der Waals surface area contributed by atoms with E-state index in [0.717, 1.165) is 13.1 Å². The van der Waals surface area contributed by atoms with Crippen molar-refractivity contribution in [3.05, 3.63) is 0 Å². The lowest BCUT2D eigenvalue weighted by Gasteiger charge is -2.36. The molecule has 0 aromatic rings. The van der Waals surface area contributed by atoms with Crippen LogP contribution in [0, 0.1) is 10.8 Å². The first-order chi connectivity index (χ1) is 6.22. The van der Waals surface area contributed by atoms with Crippen LogP contribution in [-0.4, -0.2) is 18.1 Å². The summed E-state index contributed by atoms with van der Waals surface area (Å²) in [7, 11) is 0. The van der Waals surface area contributed by atoms with Gasteiger partial charge in [0.25, 0.3) is 0 Å². The van der Waals surface area contributed by atoms with Gasteiger partial charge in [-0.05, 0) is 17.3 Å². The topological polar surface area (TPSA) is 29.3 Å². The van der Waals surface area contributed by atoms with Crippen molar-refractivity contribution in [3.8, 4) is 0 Å². The van der Waals surface area contributed by atoms with E-state index in [1.54, 1.807) is 0 Å². The molecule has 0 spiro atoms. The summed E-state index contributed by atoms with van der Waals surface area (Å²) in [5.74, 6) is 5.85. The van der Waals surface area contributed by atoms with Gasteiger partial charge in [-0.1, -0.05) is 48.0 Å². The molecule has 0 unspecified atom stereocenters. The minimum atomic E-state index is 0.310. The van der Waals surface area contributed by atoms with E-state index in [2.05, 4.69) is 41.5 Å². The molecule has 2 N–H and O–H groups in total. The first-order valence-corrected chi connectivity index (χ1v) is 5.72. The average Bonchev–Trinajstić information content (AvgIpc) is 2.01. The molecular formula is C12H28N2. The van der Waals surface area contributed by atoms with E-state index in [4.69, 9.17) is 5.84 Å². The summed E-state index contributed by atoms with van der Waals surface area (Å²) in [5, 5.41) is 1.91. The molecule has 0 saturated carbocycles. The van der Waals surface area contributed by atoms with E-state index >= 15 is 0 Å². The summed E-state index contributed by atoms with van der Waals surface area (Å²) in [6.45, 7) is 15.5. The summed E-state index contributed by atoms with van der Waals surface area (Å²) in [6.07, 6.45) is 2.46. The van der Waals surface area contributed by atoms with Gasteiger partial charge < -0.3 is 0 Å². The molecule has 2 heteroatoms. The van der Waals surface area contributed by atoms with Crippen LogP contribution < -0.4 is 5.84 Å². The highest BCUT2D eigenvalue weighted by atomic mass is 15.4. The quantitative estimate of drug-likeness (QED) is 0.527. The summed E-state index contributed by atoms with van der Waals surface area (Å²) in [4.78, 5) is 0. The molecule has 14 heavy (non-hydrogen) atoms. The van der Waals surface area contributed by atoms with Crippen LogP contribution in [0.4, 0.5) is 0 Å². The predicted octanol–water partition coefficient (Wildman–Crippen LogP) is 3.03. The Bertz CT molecular complexity index is 162. The van der Waals surface area contributed by atoms with Gasteiger partial charge in [0.1, 0.15) is 0 Å². The fourth-order valence-corrected chi connectivity index (χ4v) is 2.14. The van der Waals surface area contributed by atoms with Crippen molar-refractivity contribution >= 4 is 0 Å². The molecule has 0 atom stereocenters. The van der Waals surface area contributed by atoms with E-state index in [0.29, 0.717) is 10.8 Å². The zero-order valence-corrected chi connectivity index (χ0v) is 10.9. The Balaban J connectivity index is 4.19. The number of nitrogens with two attached hydrogens (primary N) is 1. The number of rotatable bonds is 6. The van der Waals surface area contributed by atoms with Crippen LogP contribution in [0.25, 0.3) is 0 Å². The Kier molecular flexibility index (Phi) is 5.10. The molecule has 2 nitrogen and oxygen atoms in total. The lowest BCUT2D eigenvalue weighted by atomic mass is 9.73. The van der Waals surface area contributed by atoms with Gasteiger partial charge in [-0.2, -0.15) is 0 Å². The van der Waals surface area contributed by atoms with Crippen molar-refractivity contribution in [2.24, 2.45) is 16.7 Å². The Morgan fingerprint density at radius 2 is 1.50 bits per heavy atom. The monoisotopic (exact) mass is 200 g/mol. The van der Waals surface area contributed by atoms with E-state index < -0.39 is 0 Å². The van der Waals surface area contributed by atoms with Crippen molar-refractivity contribution in [1.29, 1.82) is 0 Å². The molecule has 0 heterocycles. The fraction of sp³-hybridized carbons (Fsp3) is 1.00. The van der Waals surface area contributed by atoms with Gasteiger partial charge >= 0.3 is 0 Å². The van der Waals surface area contributed by atoms with Gasteiger partial charge in [0.2, 0.25) is 0 Å². The zero-order valence-electron chi connectivity index (χ0n) is 10.9. The molecule has 0 aliphatic carbocycles. The molecule has 0 aromatic carbocycles. The largest absolute Gasteiger partial charge is 0.269 e. The highest BCUT2D eigenvalue weighted by molar-refractivity contribution is 4.80. The number of hydrazine groups is 1. The fourth-order valence-electron chi connectivity index (χ4n) is 2.14. The van der Waals surface area contributed by atoms with Crippen molar-refractivity contribution in [2.45, 2.75) is 54.4 Å². The third-order valence-corrected chi connectivity index (χ3v) is 2.95. The summed E-state index contributed by atoms with van der Waals surface area (Å²) < 4.78 is 0. The van der Waals surface area contributed by atoms with Gasteiger partial charge in [-0.15, -0.1) is 0 Å². The highest BCUT2D eigenvalue weighted by Crippen LogP contribution is 2.36. The normalized spacial score (nSPS) is 13.7. The molecule has 0 radical (unpaired) electrons. The van der Waals surface area contributed by atoms with E-state index in [1.165, 1.54) is 12.8 Å². The van der Waals surface area contributed by atoms with Gasteiger partial charge in [0, 0.05) is 13.1 Å². The van der Waals surface area contributed by atoms with Crippen LogP contribution in [0.5, 0.6) is 0 Å². The number of hydrogen-bond donors (Lipinski definition) is 1. The number of nitrogens with zero attached hydrogens (tertiary/aromatic N) is 1. The average molecular weight is 200 g/mol.